The molecule has 0 aliphatic heterocycles. The van der Waals surface area contributed by atoms with Crippen molar-refractivity contribution in [3.63, 3.8) is 0 Å². The van der Waals surface area contributed by atoms with E-state index in [4.69, 9.17) is 0 Å². The number of nitrogens with one attached hydrogen (secondary N) is 1. The molecule has 0 atom stereocenters. The molecule has 26 heavy (non-hydrogen) atoms. The number of amides is 2. The highest BCUT2D eigenvalue weighted by Gasteiger charge is 2.13. The van der Waals surface area contributed by atoms with E-state index in [1.54, 1.807) is 50.5 Å². The maximum absolute atomic E-state index is 12.4. The van der Waals surface area contributed by atoms with E-state index in [0.29, 0.717) is 12.1 Å². The van der Waals surface area contributed by atoms with E-state index in [1.165, 1.54) is 11.2 Å². The van der Waals surface area contributed by atoms with E-state index >= 15 is 0 Å². The molecule has 0 fully saturated rings. The van der Waals surface area contributed by atoms with Crippen molar-refractivity contribution in [1.29, 1.82) is 0 Å². The van der Waals surface area contributed by atoms with Crippen LogP contribution in [0.1, 0.15) is 16.8 Å². The van der Waals surface area contributed by atoms with E-state index < -0.39 is 9.84 Å². The molecule has 2 aromatic rings. The third-order valence-electron chi connectivity index (χ3n) is 4.05. The lowest BCUT2D eigenvalue weighted by molar-refractivity contribution is -0.120. The van der Waals surface area contributed by atoms with Crippen molar-refractivity contribution >= 4 is 21.7 Å². The van der Waals surface area contributed by atoms with Gasteiger partial charge in [-0.1, -0.05) is 24.3 Å². The summed E-state index contributed by atoms with van der Waals surface area (Å²) in [4.78, 5) is 25.4. The summed E-state index contributed by atoms with van der Waals surface area (Å²) in [6.45, 7) is 0.340. The van der Waals surface area contributed by atoms with Crippen LogP contribution in [0.25, 0.3) is 11.1 Å². The first-order valence-corrected chi connectivity index (χ1v) is 9.98. The molecule has 138 valence electrons. The largest absolute Gasteiger partial charge is 0.359 e. The summed E-state index contributed by atoms with van der Waals surface area (Å²) >= 11 is 0. The van der Waals surface area contributed by atoms with Gasteiger partial charge < -0.3 is 10.2 Å². The number of hydrogen-bond donors (Lipinski definition) is 1. The zero-order chi connectivity index (χ0) is 19.3. The molecule has 0 saturated heterocycles. The lowest BCUT2D eigenvalue weighted by Crippen LogP contribution is -2.31. The van der Waals surface area contributed by atoms with Gasteiger partial charge >= 0.3 is 0 Å². The third kappa shape index (κ3) is 4.92. The molecule has 0 radical (unpaired) electrons. The molecule has 0 aromatic heterocycles. The molecule has 1 N–H and O–H groups in total. The molecule has 0 unspecified atom stereocenters. The van der Waals surface area contributed by atoms with Crippen LogP contribution < -0.4 is 5.32 Å². The molecular weight excluding hydrogens is 352 g/mol. The lowest BCUT2D eigenvalue weighted by atomic mass is 10.0. The summed E-state index contributed by atoms with van der Waals surface area (Å²) in [7, 11) is -0.00484. The van der Waals surface area contributed by atoms with Crippen LogP contribution >= 0.6 is 0 Å². The Morgan fingerprint density at radius 1 is 0.962 bits per heavy atom. The second kappa shape index (κ2) is 8.14. The van der Waals surface area contributed by atoms with Gasteiger partial charge in [-0.15, -0.1) is 0 Å². The maximum Gasteiger partial charge on any atom is 0.253 e. The highest BCUT2D eigenvalue weighted by Crippen LogP contribution is 2.22. The zero-order valence-electron chi connectivity index (χ0n) is 15.0. The van der Waals surface area contributed by atoms with Crippen LogP contribution in [0.5, 0.6) is 0 Å². The van der Waals surface area contributed by atoms with Gasteiger partial charge in [0, 0.05) is 38.9 Å². The van der Waals surface area contributed by atoms with Crippen LogP contribution in [-0.2, 0) is 14.6 Å². The Kier molecular flexibility index (Phi) is 6.15. The fraction of sp³-hybridized carbons (Fsp3) is 0.263. The van der Waals surface area contributed by atoms with Crippen molar-refractivity contribution in [2.75, 3.05) is 26.9 Å². The number of nitrogens with zero attached hydrogens (tertiary/aromatic N) is 1. The standard InChI is InChI=1S/C19H22N2O4S/c1-20-18(22)12-13-21(2)19(23)16-6-4-14(5-7-16)15-8-10-17(11-9-15)26(3,24)25/h4-11H,12-13H2,1-3H3,(H,20,22). The highest BCUT2D eigenvalue weighted by atomic mass is 32.2. The minimum Gasteiger partial charge on any atom is -0.359 e. The van der Waals surface area contributed by atoms with Gasteiger partial charge in [0.25, 0.3) is 5.91 Å². The SMILES string of the molecule is CNC(=O)CCN(C)C(=O)c1ccc(-c2ccc(S(C)(=O)=O)cc2)cc1. The monoisotopic (exact) mass is 374 g/mol. The molecule has 7 heteroatoms. The van der Waals surface area contributed by atoms with Crippen LogP contribution in [0.4, 0.5) is 0 Å². The van der Waals surface area contributed by atoms with Crippen molar-refractivity contribution in [2.24, 2.45) is 0 Å². The summed E-state index contributed by atoms with van der Waals surface area (Å²) < 4.78 is 23.0. The minimum absolute atomic E-state index is 0.113. The van der Waals surface area contributed by atoms with Crippen molar-refractivity contribution < 1.29 is 18.0 Å². The predicted molar refractivity (Wildman–Crippen MR) is 101 cm³/mol. The van der Waals surface area contributed by atoms with Gasteiger partial charge in [-0.05, 0) is 35.4 Å². The molecule has 0 saturated carbocycles. The summed E-state index contributed by atoms with van der Waals surface area (Å²) in [5.74, 6) is -0.273. The predicted octanol–water partition coefficient (Wildman–Crippen LogP) is 1.97. The van der Waals surface area contributed by atoms with Gasteiger partial charge in [-0.25, -0.2) is 8.42 Å². The van der Waals surface area contributed by atoms with Gasteiger partial charge in [-0.3, -0.25) is 9.59 Å². The average molecular weight is 374 g/mol. The van der Waals surface area contributed by atoms with Gasteiger partial charge in [0.1, 0.15) is 0 Å². The Morgan fingerprint density at radius 2 is 1.46 bits per heavy atom. The molecule has 0 aliphatic rings. The Morgan fingerprint density at radius 3 is 1.92 bits per heavy atom. The maximum atomic E-state index is 12.4. The number of sulfone groups is 1. The Labute approximate surface area is 153 Å². The summed E-state index contributed by atoms with van der Waals surface area (Å²) in [5.41, 5.74) is 2.28. The van der Waals surface area contributed by atoms with Gasteiger partial charge in [0.2, 0.25) is 5.91 Å². The smallest absolute Gasteiger partial charge is 0.253 e. The highest BCUT2D eigenvalue weighted by molar-refractivity contribution is 7.90. The van der Waals surface area contributed by atoms with E-state index in [2.05, 4.69) is 5.32 Å². The van der Waals surface area contributed by atoms with Crippen molar-refractivity contribution in [2.45, 2.75) is 11.3 Å². The zero-order valence-corrected chi connectivity index (χ0v) is 15.8. The number of benzene rings is 2. The molecule has 0 bridgehead atoms. The summed E-state index contributed by atoms with van der Waals surface area (Å²) in [6, 6.07) is 13.7. The Bertz CT molecular complexity index is 888. The van der Waals surface area contributed by atoms with Gasteiger partial charge in [-0.2, -0.15) is 0 Å². The topological polar surface area (TPSA) is 83.6 Å². The number of hydrogen-bond acceptors (Lipinski definition) is 4. The summed E-state index contributed by atoms with van der Waals surface area (Å²) in [6.07, 6.45) is 1.42. The van der Waals surface area contributed by atoms with Crippen molar-refractivity contribution in [3.05, 3.63) is 54.1 Å². The van der Waals surface area contributed by atoms with Crippen LogP contribution in [0.2, 0.25) is 0 Å². The molecule has 2 amide bonds. The quantitative estimate of drug-likeness (QED) is 0.838. The van der Waals surface area contributed by atoms with E-state index in [-0.39, 0.29) is 23.1 Å². The van der Waals surface area contributed by atoms with Crippen LogP contribution in [0.3, 0.4) is 0 Å². The van der Waals surface area contributed by atoms with Crippen LogP contribution in [-0.4, -0.2) is 52.0 Å². The lowest BCUT2D eigenvalue weighted by Gasteiger charge is -2.17. The normalized spacial score (nSPS) is 11.0. The minimum atomic E-state index is -3.22. The Balaban J connectivity index is 2.10. The fourth-order valence-electron chi connectivity index (χ4n) is 2.42. The van der Waals surface area contributed by atoms with Crippen LogP contribution in [0.15, 0.2) is 53.4 Å². The molecule has 2 aromatic carbocycles. The molecule has 0 aliphatic carbocycles. The van der Waals surface area contributed by atoms with E-state index in [9.17, 15) is 18.0 Å². The third-order valence-corrected chi connectivity index (χ3v) is 5.18. The van der Waals surface area contributed by atoms with E-state index in [0.717, 1.165) is 11.1 Å². The molecule has 0 heterocycles. The van der Waals surface area contributed by atoms with Gasteiger partial charge in [0.15, 0.2) is 9.84 Å². The number of carbonyl (C=O) groups excluding carboxylic acids is 2. The first-order chi connectivity index (χ1) is 12.2. The second-order valence-electron chi connectivity index (χ2n) is 6.02. The fourth-order valence-corrected chi connectivity index (χ4v) is 3.05. The van der Waals surface area contributed by atoms with Crippen LogP contribution in [0, 0.1) is 0 Å². The summed E-state index contributed by atoms with van der Waals surface area (Å²) in [5, 5.41) is 2.52. The number of rotatable bonds is 6. The molecule has 0 spiro atoms. The molecular formula is C19H22N2O4S. The Hall–Kier alpha value is -2.67. The van der Waals surface area contributed by atoms with Crippen molar-refractivity contribution in [1.82, 2.24) is 10.2 Å². The number of carbonyl (C=O) groups is 2. The first-order valence-electron chi connectivity index (χ1n) is 8.09. The second-order valence-corrected chi connectivity index (χ2v) is 8.04. The average Bonchev–Trinajstić information content (AvgIpc) is 2.64. The first kappa shape index (κ1) is 19.7. The molecule has 2 rings (SSSR count). The van der Waals surface area contributed by atoms with Crippen molar-refractivity contribution in [3.8, 4) is 11.1 Å². The van der Waals surface area contributed by atoms with Gasteiger partial charge in [0.05, 0.1) is 4.90 Å². The van der Waals surface area contributed by atoms with E-state index in [1.807, 2.05) is 12.1 Å². The molecule has 6 nitrogen and oxygen atoms in total.